The quantitative estimate of drug-likeness (QED) is 0.291. The van der Waals surface area contributed by atoms with Gasteiger partial charge in [0.15, 0.2) is 0 Å². The number of rotatable bonds is 0. The maximum atomic E-state index is 7.89. The van der Waals surface area contributed by atoms with Gasteiger partial charge in [-0.05, 0) is 0 Å². The Morgan fingerprint density at radius 2 is 1.17 bits per heavy atom. The maximum Gasteiger partial charge on any atom is 0.0121 e. The average Bonchev–Trinajstić information content (AvgIpc) is 1.41. The fourth-order valence-electron chi connectivity index (χ4n) is 0. The van der Waals surface area contributed by atoms with Crippen LogP contribution < -0.4 is 0 Å². The summed E-state index contributed by atoms with van der Waals surface area (Å²) in [5.41, 5.74) is 0. The topological polar surface area (TPSA) is 63.9 Å². The molecule has 4 nitrogen and oxygen atoms in total. The standard InChI is InChI=1S/C2H7NO.H2O2/c1-3(2)4;1-2/h4H,1-2H3;1-2H. The third-order valence-corrected chi connectivity index (χ3v) is 0. The van der Waals surface area contributed by atoms with Crippen LogP contribution in [0.1, 0.15) is 0 Å². The molecular formula is C2H9NO3. The second-order valence-corrected chi connectivity index (χ2v) is 0.847. The molecule has 0 radical (unpaired) electrons. The van der Waals surface area contributed by atoms with E-state index in [1.807, 2.05) is 0 Å². The summed E-state index contributed by atoms with van der Waals surface area (Å²) in [6.07, 6.45) is 0. The van der Waals surface area contributed by atoms with Crippen molar-refractivity contribution in [3.8, 4) is 0 Å². The minimum atomic E-state index is 1.00. The Kier molecular flexibility index (Phi) is 13.7. The zero-order valence-electron chi connectivity index (χ0n) is 3.79. The molecule has 0 unspecified atom stereocenters. The Labute approximate surface area is 36.1 Å². The fourth-order valence-corrected chi connectivity index (χ4v) is 0. The predicted octanol–water partition coefficient (Wildman–Crippen LogP) is -0.0454. The van der Waals surface area contributed by atoms with E-state index in [4.69, 9.17) is 15.7 Å². The fraction of sp³-hybridized carbons (Fsp3) is 1.00. The molecule has 0 aromatic rings. The largest absolute Gasteiger partial charge is 0.315 e. The molecule has 0 aromatic carbocycles. The van der Waals surface area contributed by atoms with Gasteiger partial charge < -0.3 is 5.21 Å². The summed E-state index contributed by atoms with van der Waals surface area (Å²) in [6, 6.07) is 0. The second kappa shape index (κ2) is 8.85. The monoisotopic (exact) mass is 95.1 g/mol. The molecule has 0 aliphatic carbocycles. The maximum absolute atomic E-state index is 7.89. The first kappa shape index (κ1) is 9.28. The lowest BCUT2D eigenvalue weighted by atomic mass is 11.2. The number of hydroxylamine groups is 2. The van der Waals surface area contributed by atoms with Crippen molar-refractivity contribution < 1.29 is 15.7 Å². The summed E-state index contributed by atoms with van der Waals surface area (Å²) in [5, 5.41) is 20.9. The zero-order valence-corrected chi connectivity index (χ0v) is 3.79. The van der Waals surface area contributed by atoms with Crippen molar-refractivity contribution in [2.75, 3.05) is 14.1 Å². The molecule has 0 heterocycles. The van der Waals surface area contributed by atoms with Crippen LogP contribution in [0.3, 0.4) is 0 Å². The van der Waals surface area contributed by atoms with Crippen LogP contribution >= 0.6 is 0 Å². The molecule has 0 aliphatic rings. The highest BCUT2D eigenvalue weighted by molar-refractivity contribution is 3.90. The molecule has 0 saturated carbocycles. The van der Waals surface area contributed by atoms with Gasteiger partial charge >= 0.3 is 0 Å². The summed E-state index contributed by atoms with van der Waals surface area (Å²) in [4.78, 5) is 0. The van der Waals surface area contributed by atoms with Crippen molar-refractivity contribution in [2.24, 2.45) is 0 Å². The zero-order chi connectivity index (χ0) is 5.58. The van der Waals surface area contributed by atoms with Crippen LogP contribution in [0.15, 0.2) is 0 Å². The highest BCUT2D eigenvalue weighted by Gasteiger charge is 1.59. The van der Waals surface area contributed by atoms with Gasteiger partial charge in [0.25, 0.3) is 0 Å². The van der Waals surface area contributed by atoms with Crippen LogP contribution in [0.4, 0.5) is 0 Å². The van der Waals surface area contributed by atoms with Crippen LogP contribution in [0.2, 0.25) is 0 Å². The number of hydrogen-bond acceptors (Lipinski definition) is 4. The summed E-state index contributed by atoms with van der Waals surface area (Å²) in [5.74, 6) is 0. The van der Waals surface area contributed by atoms with Gasteiger partial charge in [-0.3, -0.25) is 10.5 Å². The highest BCUT2D eigenvalue weighted by atomic mass is 17.0. The van der Waals surface area contributed by atoms with E-state index in [0.717, 1.165) is 5.06 Å². The Balaban J connectivity index is 0. The molecule has 0 atom stereocenters. The molecule has 0 amide bonds. The first-order valence-corrected chi connectivity index (χ1v) is 1.29. The van der Waals surface area contributed by atoms with Crippen molar-refractivity contribution in [3.05, 3.63) is 0 Å². The van der Waals surface area contributed by atoms with Crippen molar-refractivity contribution in [2.45, 2.75) is 0 Å². The van der Waals surface area contributed by atoms with Gasteiger partial charge in [0.2, 0.25) is 0 Å². The lowest BCUT2D eigenvalue weighted by molar-refractivity contribution is -0.176. The minimum Gasteiger partial charge on any atom is -0.315 e. The van der Waals surface area contributed by atoms with Gasteiger partial charge in [-0.25, -0.2) is 0 Å². The molecule has 0 aromatic heterocycles. The lowest BCUT2D eigenvalue weighted by Crippen LogP contribution is -2.01. The van der Waals surface area contributed by atoms with Crippen molar-refractivity contribution >= 4 is 0 Å². The number of hydrogen-bond donors (Lipinski definition) is 3. The Morgan fingerprint density at radius 3 is 1.17 bits per heavy atom. The summed E-state index contributed by atoms with van der Waals surface area (Å²) >= 11 is 0. The molecule has 0 rings (SSSR count). The van der Waals surface area contributed by atoms with Crippen LogP contribution in [0.25, 0.3) is 0 Å². The van der Waals surface area contributed by atoms with E-state index in [1.165, 1.54) is 0 Å². The first-order chi connectivity index (χ1) is 2.73. The second-order valence-electron chi connectivity index (χ2n) is 0.847. The minimum absolute atomic E-state index is 1.00. The van der Waals surface area contributed by atoms with E-state index in [1.54, 1.807) is 14.1 Å². The summed E-state index contributed by atoms with van der Waals surface area (Å²) < 4.78 is 0. The van der Waals surface area contributed by atoms with E-state index in [-0.39, 0.29) is 0 Å². The Hall–Kier alpha value is -0.160. The van der Waals surface area contributed by atoms with Gasteiger partial charge in [0.05, 0.1) is 0 Å². The van der Waals surface area contributed by atoms with Gasteiger partial charge in [0, 0.05) is 14.1 Å². The molecule has 0 spiro atoms. The van der Waals surface area contributed by atoms with E-state index in [2.05, 4.69) is 0 Å². The Morgan fingerprint density at radius 1 is 1.17 bits per heavy atom. The van der Waals surface area contributed by atoms with E-state index >= 15 is 0 Å². The van der Waals surface area contributed by atoms with Gasteiger partial charge in [-0.1, -0.05) is 0 Å². The van der Waals surface area contributed by atoms with Crippen molar-refractivity contribution in [1.82, 2.24) is 5.06 Å². The SMILES string of the molecule is CN(C)O.OO. The van der Waals surface area contributed by atoms with Gasteiger partial charge in [-0.15, -0.1) is 0 Å². The highest BCUT2D eigenvalue weighted by Crippen LogP contribution is 1.46. The van der Waals surface area contributed by atoms with Gasteiger partial charge in [0.1, 0.15) is 0 Å². The smallest absolute Gasteiger partial charge is 0.0121 e. The molecule has 0 bridgehead atoms. The van der Waals surface area contributed by atoms with Crippen molar-refractivity contribution in [3.63, 3.8) is 0 Å². The van der Waals surface area contributed by atoms with Crippen LogP contribution in [-0.4, -0.2) is 34.9 Å². The van der Waals surface area contributed by atoms with E-state index < -0.39 is 0 Å². The summed E-state index contributed by atoms with van der Waals surface area (Å²) in [7, 11) is 3.11. The molecule has 40 valence electrons. The molecule has 4 heteroatoms. The van der Waals surface area contributed by atoms with Crippen LogP contribution in [-0.2, 0) is 0 Å². The molecule has 3 N–H and O–H groups in total. The normalized spacial score (nSPS) is 7.00. The third-order valence-electron chi connectivity index (χ3n) is 0. The molecular weight excluding hydrogens is 86.0 g/mol. The van der Waals surface area contributed by atoms with E-state index in [0.29, 0.717) is 0 Å². The lowest BCUT2D eigenvalue weighted by Gasteiger charge is -1.89. The van der Waals surface area contributed by atoms with Crippen molar-refractivity contribution in [1.29, 1.82) is 0 Å². The van der Waals surface area contributed by atoms with Crippen LogP contribution in [0.5, 0.6) is 0 Å². The number of nitrogens with zero attached hydrogens (tertiary/aromatic N) is 1. The van der Waals surface area contributed by atoms with Gasteiger partial charge in [-0.2, -0.15) is 5.06 Å². The molecule has 0 fully saturated rings. The molecule has 0 saturated heterocycles. The van der Waals surface area contributed by atoms with Crippen LogP contribution in [0, 0.1) is 0 Å². The average molecular weight is 95.1 g/mol. The summed E-state index contributed by atoms with van der Waals surface area (Å²) in [6.45, 7) is 0. The molecule has 6 heavy (non-hydrogen) atoms. The Bertz CT molecular complexity index is 13.5. The first-order valence-electron chi connectivity index (χ1n) is 1.29. The third kappa shape index (κ3) is 1210. The van der Waals surface area contributed by atoms with E-state index in [9.17, 15) is 0 Å². The predicted molar refractivity (Wildman–Crippen MR) is 20.7 cm³/mol. The molecule has 0 aliphatic heterocycles.